The molecule has 158 valence electrons. The Morgan fingerprint density at radius 1 is 1.16 bits per heavy atom. The number of nitrogens with one attached hydrogen (secondary N) is 1. The zero-order valence-corrected chi connectivity index (χ0v) is 18.8. The van der Waals surface area contributed by atoms with Crippen molar-refractivity contribution in [3.8, 4) is 17.4 Å². The van der Waals surface area contributed by atoms with Crippen molar-refractivity contribution in [2.24, 2.45) is 0 Å². The first kappa shape index (κ1) is 21.8. The van der Waals surface area contributed by atoms with Crippen LogP contribution in [0.15, 0.2) is 70.0 Å². The minimum atomic E-state index is -0.393. The smallest absolute Gasteiger partial charge is 0.266 e. The van der Waals surface area contributed by atoms with Crippen molar-refractivity contribution in [1.82, 2.24) is 4.90 Å². The zero-order valence-electron chi connectivity index (χ0n) is 16.4. The molecule has 9 heteroatoms. The minimum Gasteiger partial charge on any atom is -0.457 e. The third kappa shape index (κ3) is 4.92. The van der Waals surface area contributed by atoms with E-state index in [0.29, 0.717) is 37.0 Å². The number of rotatable bonds is 5. The molecule has 4 rings (SSSR count). The Bertz CT molecular complexity index is 1280. The van der Waals surface area contributed by atoms with Crippen molar-refractivity contribution in [3.63, 3.8) is 0 Å². The van der Waals surface area contributed by atoms with Gasteiger partial charge >= 0.3 is 0 Å². The molecule has 0 radical (unpaired) electrons. The van der Waals surface area contributed by atoms with Crippen LogP contribution >= 0.6 is 35.6 Å². The van der Waals surface area contributed by atoms with Crippen molar-refractivity contribution in [3.05, 3.63) is 81.9 Å². The maximum absolute atomic E-state index is 12.8. The molecule has 1 aromatic heterocycles. The number of furan rings is 1. The van der Waals surface area contributed by atoms with E-state index in [0.717, 1.165) is 17.3 Å². The highest BCUT2D eigenvalue weighted by Crippen LogP contribution is 2.33. The number of nitrogens with zero attached hydrogens (tertiary/aromatic N) is 2. The molecule has 0 bridgehead atoms. The maximum Gasteiger partial charge on any atom is 0.266 e. The summed E-state index contributed by atoms with van der Waals surface area (Å²) < 4.78 is 6.11. The van der Waals surface area contributed by atoms with E-state index in [1.807, 2.05) is 18.2 Å². The lowest BCUT2D eigenvalue weighted by atomic mass is 10.2. The minimum absolute atomic E-state index is 0.212. The number of hydrogen-bond donors (Lipinski definition) is 1. The molecule has 0 unspecified atom stereocenters. The lowest BCUT2D eigenvalue weighted by molar-refractivity contribution is -0.126. The predicted octanol–water partition coefficient (Wildman–Crippen LogP) is 5.31. The molecule has 3 aromatic rings. The van der Waals surface area contributed by atoms with E-state index in [4.69, 9.17) is 33.5 Å². The molecular formula is C23H14ClN3O3S2. The van der Waals surface area contributed by atoms with Crippen molar-refractivity contribution in [2.75, 3.05) is 11.9 Å². The second-order valence-corrected chi connectivity index (χ2v) is 8.83. The molecule has 1 N–H and O–H groups in total. The molecular weight excluding hydrogens is 466 g/mol. The Balaban J connectivity index is 1.43. The van der Waals surface area contributed by atoms with E-state index in [2.05, 4.69) is 5.32 Å². The fraction of sp³-hybridized carbons (Fsp3) is 0.0435. The van der Waals surface area contributed by atoms with Crippen LogP contribution in [-0.4, -0.2) is 27.6 Å². The van der Waals surface area contributed by atoms with Crippen LogP contribution < -0.4 is 5.32 Å². The largest absolute Gasteiger partial charge is 0.457 e. The van der Waals surface area contributed by atoms with Gasteiger partial charge in [-0.25, -0.2) is 0 Å². The van der Waals surface area contributed by atoms with E-state index >= 15 is 0 Å². The number of thiocarbonyl (C=S) groups is 1. The third-order valence-electron chi connectivity index (χ3n) is 4.50. The number of carbonyl (C=O) groups excluding carboxylic acids is 2. The number of benzene rings is 2. The number of thioether (sulfide) groups is 1. The molecule has 1 aliphatic rings. The summed E-state index contributed by atoms with van der Waals surface area (Å²) >= 11 is 12.3. The lowest BCUT2D eigenvalue weighted by Crippen LogP contribution is -2.36. The first-order chi connectivity index (χ1) is 15.4. The van der Waals surface area contributed by atoms with Gasteiger partial charge in [-0.05, 0) is 60.7 Å². The van der Waals surface area contributed by atoms with Crippen molar-refractivity contribution < 1.29 is 14.0 Å². The molecule has 0 spiro atoms. The summed E-state index contributed by atoms with van der Waals surface area (Å²) in [6.45, 7) is -0.212. The highest BCUT2D eigenvalue weighted by Gasteiger charge is 2.33. The highest BCUT2D eigenvalue weighted by atomic mass is 35.5. The molecule has 6 nitrogen and oxygen atoms in total. The number of nitriles is 1. The molecule has 32 heavy (non-hydrogen) atoms. The summed E-state index contributed by atoms with van der Waals surface area (Å²) in [5, 5.41) is 12.2. The normalized spacial score (nSPS) is 14.6. The molecule has 1 fully saturated rings. The van der Waals surface area contributed by atoms with Crippen LogP contribution in [0, 0.1) is 11.3 Å². The maximum atomic E-state index is 12.8. The van der Waals surface area contributed by atoms with Crippen LogP contribution in [0.3, 0.4) is 0 Å². The first-order valence-electron chi connectivity index (χ1n) is 9.34. The fourth-order valence-corrected chi connectivity index (χ4v) is 4.30. The Morgan fingerprint density at radius 2 is 1.88 bits per heavy atom. The van der Waals surface area contributed by atoms with Crippen LogP contribution in [0.1, 0.15) is 11.3 Å². The quantitative estimate of drug-likeness (QED) is 0.394. The van der Waals surface area contributed by atoms with Gasteiger partial charge in [-0.15, -0.1) is 0 Å². The van der Waals surface area contributed by atoms with Gasteiger partial charge < -0.3 is 9.73 Å². The van der Waals surface area contributed by atoms with E-state index in [1.165, 1.54) is 4.90 Å². The summed E-state index contributed by atoms with van der Waals surface area (Å²) in [5.41, 5.74) is 1.88. The molecule has 0 saturated carbocycles. The number of hydrogen-bond acceptors (Lipinski definition) is 6. The average molecular weight is 480 g/mol. The van der Waals surface area contributed by atoms with Crippen LogP contribution in [0.25, 0.3) is 17.4 Å². The standard InChI is InChI=1S/C23H14ClN3O3S2/c24-16-5-3-15(4-6-16)19-10-9-18(30-19)11-20-22(29)27(23(31)32-20)13-21(28)26-17-7-1-14(12-25)2-8-17/h1-11H,13H2,(H,26,28)/b20-11-. The van der Waals surface area contributed by atoms with Gasteiger partial charge in [0.05, 0.1) is 16.5 Å². The summed E-state index contributed by atoms with van der Waals surface area (Å²) in [7, 11) is 0. The van der Waals surface area contributed by atoms with Crippen LogP contribution in [-0.2, 0) is 9.59 Å². The lowest BCUT2D eigenvalue weighted by Gasteiger charge is -2.14. The number of amides is 2. The van der Waals surface area contributed by atoms with Gasteiger partial charge in [0.1, 0.15) is 22.4 Å². The molecule has 1 saturated heterocycles. The monoisotopic (exact) mass is 479 g/mol. The average Bonchev–Trinajstić information content (AvgIpc) is 3.35. The van der Waals surface area contributed by atoms with Gasteiger partial charge in [0.2, 0.25) is 5.91 Å². The first-order valence-corrected chi connectivity index (χ1v) is 10.9. The Kier molecular flexibility index (Phi) is 6.42. The summed E-state index contributed by atoms with van der Waals surface area (Å²) in [5.74, 6) is 0.386. The molecule has 2 aromatic carbocycles. The van der Waals surface area contributed by atoms with Gasteiger partial charge in [-0.1, -0.05) is 35.6 Å². The van der Waals surface area contributed by atoms with E-state index in [-0.39, 0.29) is 12.5 Å². The fourth-order valence-electron chi connectivity index (χ4n) is 2.94. The van der Waals surface area contributed by atoms with Gasteiger partial charge in [-0.2, -0.15) is 5.26 Å². The summed E-state index contributed by atoms with van der Waals surface area (Å²) in [4.78, 5) is 26.8. The second kappa shape index (κ2) is 9.40. The SMILES string of the molecule is N#Cc1ccc(NC(=O)CN2C(=O)/C(=C/c3ccc(-c4ccc(Cl)cc4)o3)SC2=S)cc1. The van der Waals surface area contributed by atoms with Gasteiger partial charge in [0, 0.05) is 22.3 Å². The number of halogens is 1. The van der Waals surface area contributed by atoms with E-state index in [1.54, 1.807) is 54.6 Å². The van der Waals surface area contributed by atoms with E-state index < -0.39 is 5.91 Å². The van der Waals surface area contributed by atoms with E-state index in [9.17, 15) is 9.59 Å². The second-order valence-electron chi connectivity index (χ2n) is 6.71. The predicted molar refractivity (Wildman–Crippen MR) is 129 cm³/mol. The van der Waals surface area contributed by atoms with Gasteiger partial charge in [-0.3, -0.25) is 14.5 Å². The Morgan fingerprint density at radius 3 is 2.56 bits per heavy atom. The molecule has 1 aliphatic heterocycles. The molecule has 0 aliphatic carbocycles. The summed E-state index contributed by atoms with van der Waals surface area (Å²) in [6.07, 6.45) is 1.61. The topological polar surface area (TPSA) is 86.3 Å². The van der Waals surface area contributed by atoms with Crippen LogP contribution in [0.2, 0.25) is 5.02 Å². The van der Waals surface area contributed by atoms with Gasteiger partial charge in [0.25, 0.3) is 5.91 Å². The van der Waals surface area contributed by atoms with Crippen molar-refractivity contribution in [2.45, 2.75) is 0 Å². The Hall–Kier alpha value is -3.38. The van der Waals surface area contributed by atoms with Crippen molar-refractivity contribution >= 4 is 63.5 Å². The number of anilines is 1. The van der Waals surface area contributed by atoms with Crippen molar-refractivity contribution in [1.29, 1.82) is 5.26 Å². The zero-order chi connectivity index (χ0) is 22.7. The summed E-state index contributed by atoms with van der Waals surface area (Å²) in [6, 6.07) is 19.2. The van der Waals surface area contributed by atoms with Gasteiger partial charge in [0.15, 0.2) is 0 Å². The Labute approximate surface area is 198 Å². The molecule has 2 amide bonds. The third-order valence-corrected chi connectivity index (χ3v) is 6.13. The molecule has 0 atom stereocenters. The molecule has 2 heterocycles. The number of carbonyl (C=O) groups is 2. The highest BCUT2D eigenvalue weighted by molar-refractivity contribution is 8.26. The van der Waals surface area contributed by atoms with Crippen LogP contribution in [0.5, 0.6) is 0 Å². The van der Waals surface area contributed by atoms with Crippen LogP contribution in [0.4, 0.5) is 5.69 Å².